The molecule has 0 unspecified atom stereocenters. The molecule has 0 atom stereocenters. The predicted molar refractivity (Wildman–Crippen MR) is 101 cm³/mol. The van der Waals surface area contributed by atoms with Crippen LogP contribution in [0, 0.1) is 11.5 Å². The van der Waals surface area contributed by atoms with Crippen LogP contribution < -0.4 is 0 Å². The molecule has 24 heavy (non-hydrogen) atoms. The summed E-state index contributed by atoms with van der Waals surface area (Å²) in [5.41, 5.74) is 7.45. The molecule has 120 valence electrons. The minimum Gasteiger partial charge on any atom is -0.232 e. The number of nitrogens with zero attached hydrogens (tertiary/aromatic N) is 3. The number of benzene rings is 2. The highest BCUT2D eigenvalue weighted by Crippen LogP contribution is 2.21. The average molecular weight is 331 g/mol. The number of hydrogen-bond donors (Lipinski definition) is 0. The Labute approximate surface area is 144 Å². The lowest BCUT2D eigenvalue weighted by Crippen LogP contribution is -2.16. The molecule has 0 saturated carbocycles. The molecule has 4 heteroatoms. The van der Waals surface area contributed by atoms with E-state index in [0.29, 0.717) is 6.54 Å². The van der Waals surface area contributed by atoms with Gasteiger partial charge in [0.25, 0.3) is 0 Å². The van der Waals surface area contributed by atoms with Crippen molar-refractivity contribution >= 4 is 8.07 Å². The topological polar surface area (TPSA) is 30.7 Å². The maximum absolute atomic E-state index is 4.41. The third-order valence-corrected chi connectivity index (χ3v) is 4.39. The van der Waals surface area contributed by atoms with E-state index < -0.39 is 8.07 Å². The first-order valence-electron chi connectivity index (χ1n) is 8.09. The van der Waals surface area contributed by atoms with Gasteiger partial charge in [-0.2, -0.15) is 0 Å². The van der Waals surface area contributed by atoms with E-state index in [2.05, 4.69) is 65.7 Å². The highest BCUT2D eigenvalue weighted by molar-refractivity contribution is 6.83. The molecule has 3 rings (SSSR count). The second-order valence-electron chi connectivity index (χ2n) is 6.80. The maximum Gasteiger partial charge on any atom is 0.139 e. The van der Waals surface area contributed by atoms with Crippen molar-refractivity contribution in [1.29, 1.82) is 0 Å². The van der Waals surface area contributed by atoms with Crippen LogP contribution in [0.3, 0.4) is 0 Å². The number of rotatable bonds is 3. The Morgan fingerprint density at radius 3 is 2.17 bits per heavy atom. The maximum atomic E-state index is 4.41. The molecule has 0 fully saturated rings. The molecule has 0 bridgehead atoms. The summed E-state index contributed by atoms with van der Waals surface area (Å²) in [5, 5.41) is 8.78. The summed E-state index contributed by atoms with van der Waals surface area (Å²) < 4.78 is 1.91. The zero-order valence-corrected chi connectivity index (χ0v) is 15.3. The summed E-state index contributed by atoms with van der Waals surface area (Å²) in [7, 11) is -1.48. The van der Waals surface area contributed by atoms with Gasteiger partial charge in [0.2, 0.25) is 0 Å². The highest BCUT2D eigenvalue weighted by Gasteiger charge is 2.15. The molecular weight excluding hydrogens is 310 g/mol. The first-order chi connectivity index (χ1) is 11.5. The van der Waals surface area contributed by atoms with Crippen LogP contribution in [0.4, 0.5) is 0 Å². The third-order valence-electron chi connectivity index (χ3n) is 3.51. The van der Waals surface area contributed by atoms with Crippen LogP contribution in [-0.4, -0.2) is 23.1 Å². The van der Waals surface area contributed by atoms with Crippen LogP contribution in [0.5, 0.6) is 0 Å². The Balaban J connectivity index is 2.05. The largest absolute Gasteiger partial charge is 0.232 e. The number of aromatic nitrogens is 3. The fraction of sp³-hybridized carbons (Fsp3) is 0.200. The Kier molecular flexibility index (Phi) is 4.63. The summed E-state index contributed by atoms with van der Waals surface area (Å²) in [5.74, 6) is 3.37. The van der Waals surface area contributed by atoms with Gasteiger partial charge in [0.1, 0.15) is 19.5 Å². The Bertz CT molecular complexity index is 866. The van der Waals surface area contributed by atoms with E-state index in [0.717, 1.165) is 17.0 Å². The molecule has 0 aliphatic rings. The van der Waals surface area contributed by atoms with Crippen LogP contribution in [0.1, 0.15) is 11.3 Å². The van der Waals surface area contributed by atoms with Crippen LogP contribution in [0.15, 0.2) is 60.7 Å². The van der Waals surface area contributed by atoms with E-state index in [-0.39, 0.29) is 0 Å². The molecule has 0 aliphatic carbocycles. The second-order valence-corrected chi connectivity index (χ2v) is 11.5. The van der Waals surface area contributed by atoms with Crippen molar-refractivity contribution in [2.24, 2.45) is 0 Å². The summed E-state index contributed by atoms with van der Waals surface area (Å²) >= 11 is 0. The fourth-order valence-electron chi connectivity index (χ4n) is 2.34. The Hall–Kier alpha value is -2.64. The lowest BCUT2D eigenvalue weighted by atomic mass is 10.1. The molecule has 1 heterocycles. The molecule has 0 spiro atoms. The lowest BCUT2D eigenvalue weighted by molar-refractivity contribution is 0.644. The van der Waals surface area contributed by atoms with Crippen molar-refractivity contribution in [2.45, 2.75) is 26.2 Å². The minimum absolute atomic E-state index is 0.677. The van der Waals surface area contributed by atoms with E-state index in [9.17, 15) is 0 Å². The first kappa shape index (κ1) is 16.2. The normalized spacial score (nSPS) is 11.0. The summed E-state index contributed by atoms with van der Waals surface area (Å²) in [4.78, 5) is 0. The van der Waals surface area contributed by atoms with E-state index in [1.807, 2.05) is 41.1 Å². The molecule has 2 aromatic carbocycles. The van der Waals surface area contributed by atoms with Gasteiger partial charge in [-0.05, 0) is 5.56 Å². The first-order valence-corrected chi connectivity index (χ1v) is 11.6. The predicted octanol–water partition coefficient (Wildman–Crippen LogP) is 4.22. The highest BCUT2D eigenvalue weighted by atomic mass is 28.3. The monoisotopic (exact) mass is 331 g/mol. The van der Waals surface area contributed by atoms with Gasteiger partial charge in [0, 0.05) is 5.56 Å². The smallest absolute Gasteiger partial charge is 0.139 e. The third kappa shape index (κ3) is 4.00. The summed E-state index contributed by atoms with van der Waals surface area (Å²) in [6, 6.07) is 20.4. The van der Waals surface area contributed by atoms with Gasteiger partial charge in [-0.15, -0.1) is 10.6 Å². The van der Waals surface area contributed by atoms with Crippen molar-refractivity contribution in [3.05, 3.63) is 71.9 Å². The zero-order valence-electron chi connectivity index (χ0n) is 14.3. The SMILES string of the molecule is C[Si](C)(C)C#Cc1c(-c2ccccc2)nnn1Cc1ccccc1. The van der Waals surface area contributed by atoms with E-state index in [1.54, 1.807) is 0 Å². The number of hydrogen-bond acceptors (Lipinski definition) is 2. The van der Waals surface area contributed by atoms with Crippen molar-refractivity contribution < 1.29 is 0 Å². The average Bonchev–Trinajstić information content (AvgIpc) is 2.97. The van der Waals surface area contributed by atoms with Crippen LogP contribution in [0.2, 0.25) is 19.6 Å². The van der Waals surface area contributed by atoms with Crippen molar-refractivity contribution in [1.82, 2.24) is 15.0 Å². The molecule has 0 N–H and O–H groups in total. The van der Waals surface area contributed by atoms with Crippen molar-refractivity contribution in [3.8, 4) is 22.7 Å². The van der Waals surface area contributed by atoms with Gasteiger partial charge in [-0.25, -0.2) is 4.68 Å². The van der Waals surface area contributed by atoms with Gasteiger partial charge in [-0.3, -0.25) is 0 Å². The van der Waals surface area contributed by atoms with Gasteiger partial charge in [-0.1, -0.05) is 91.4 Å². The van der Waals surface area contributed by atoms with E-state index in [1.165, 1.54) is 5.56 Å². The lowest BCUT2D eigenvalue weighted by Gasteiger charge is -2.06. The molecule has 0 aliphatic heterocycles. The van der Waals surface area contributed by atoms with Crippen LogP contribution >= 0.6 is 0 Å². The van der Waals surface area contributed by atoms with Crippen LogP contribution in [-0.2, 0) is 6.54 Å². The molecule has 3 aromatic rings. The van der Waals surface area contributed by atoms with Gasteiger partial charge in [0.15, 0.2) is 0 Å². The molecule has 0 saturated heterocycles. The van der Waals surface area contributed by atoms with Crippen LogP contribution in [0.25, 0.3) is 11.3 Å². The molecule has 3 nitrogen and oxygen atoms in total. The molecule has 0 radical (unpaired) electrons. The molecule has 0 amide bonds. The zero-order chi connectivity index (χ0) is 17.0. The minimum atomic E-state index is -1.48. The molecule has 1 aromatic heterocycles. The van der Waals surface area contributed by atoms with Gasteiger partial charge >= 0.3 is 0 Å². The quantitative estimate of drug-likeness (QED) is 0.531. The van der Waals surface area contributed by atoms with E-state index >= 15 is 0 Å². The second kappa shape index (κ2) is 6.86. The van der Waals surface area contributed by atoms with Crippen molar-refractivity contribution in [3.63, 3.8) is 0 Å². The van der Waals surface area contributed by atoms with E-state index in [4.69, 9.17) is 0 Å². The Morgan fingerprint density at radius 2 is 1.54 bits per heavy atom. The summed E-state index contributed by atoms with van der Waals surface area (Å²) in [6.45, 7) is 7.41. The standard InChI is InChI=1S/C20H21N3Si/c1-24(2,3)15-14-19-20(18-12-8-5-9-13-18)21-22-23(19)16-17-10-6-4-7-11-17/h4-13H,16H2,1-3H3. The van der Waals surface area contributed by atoms with Crippen molar-refractivity contribution in [2.75, 3.05) is 0 Å². The Morgan fingerprint density at radius 1 is 0.917 bits per heavy atom. The summed E-state index contributed by atoms with van der Waals surface area (Å²) in [6.07, 6.45) is 0. The van der Waals surface area contributed by atoms with Gasteiger partial charge < -0.3 is 0 Å². The fourth-order valence-corrected chi connectivity index (χ4v) is 2.83. The molecular formula is C20H21N3Si. The van der Waals surface area contributed by atoms with Gasteiger partial charge in [0.05, 0.1) is 6.54 Å².